The maximum Gasteiger partial charge on any atom is 0.416 e. The van der Waals surface area contributed by atoms with Gasteiger partial charge in [-0.25, -0.2) is 0 Å². The number of carbonyl (C=O) groups is 1. The molecule has 0 unspecified atom stereocenters. The molecule has 1 N–H and O–H groups in total. The van der Waals surface area contributed by atoms with E-state index in [1.165, 1.54) is 23.5 Å². The van der Waals surface area contributed by atoms with Gasteiger partial charge in [-0.2, -0.15) is 13.2 Å². The monoisotopic (exact) mass is 384 g/mol. The molecule has 0 bridgehead atoms. The summed E-state index contributed by atoms with van der Waals surface area (Å²) in [5, 5.41) is 4.66. The van der Waals surface area contributed by atoms with Gasteiger partial charge < -0.3 is 10.1 Å². The molecule has 1 aliphatic rings. The summed E-state index contributed by atoms with van der Waals surface area (Å²) >= 11 is 1.28. The van der Waals surface area contributed by atoms with Crippen molar-refractivity contribution in [3.63, 3.8) is 0 Å². The van der Waals surface area contributed by atoms with E-state index < -0.39 is 11.7 Å². The molecule has 1 amide bonds. The lowest BCUT2D eigenvalue weighted by Gasteiger charge is -2.26. The van der Waals surface area contributed by atoms with Gasteiger partial charge in [0.1, 0.15) is 0 Å². The first-order chi connectivity index (χ1) is 12.4. The number of amides is 1. The second kappa shape index (κ2) is 8.20. The third kappa shape index (κ3) is 4.84. The predicted octanol–water partition coefficient (Wildman–Crippen LogP) is 3.50. The van der Waals surface area contributed by atoms with E-state index in [4.69, 9.17) is 4.74 Å². The van der Waals surface area contributed by atoms with Crippen LogP contribution in [-0.4, -0.2) is 50.2 Å². The Morgan fingerprint density at radius 3 is 2.50 bits per heavy atom. The Bertz CT molecular complexity index is 738. The number of halogens is 3. The van der Waals surface area contributed by atoms with Crippen LogP contribution in [0.25, 0.3) is 11.1 Å². The highest BCUT2D eigenvalue weighted by molar-refractivity contribution is 7.12. The number of hydrogen-bond donors (Lipinski definition) is 1. The van der Waals surface area contributed by atoms with E-state index in [1.54, 1.807) is 11.4 Å². The maximum absolute atomic E-state index is 12.6. The smallest absolute Gasteiger partial charge is 0.379 e. The van der Waals surface area contributed by atoms with Crippen LogP contribution < -0.4 is 5.32 Å². The first kappa shape index (κ1) is 18.9. The number of benzene rings is 1. The normalized spacial score (nSPS) is 15.8. The highest BCUT2D eigenvalue weighted by Crippen LogP contribution is 2.32. The van der Waals surface area contributed by atoms with Crippen molar-refractivity contribution in [1.29, 1.82) is 0 Å². The number of nitrogens with zero attached hydrogens (tertiary/aromatic N) is 1. The van der Waals surface area contributed by atoms with Crippen LogP contribution in [0.2, 0.25) is 0 Å². The summed E-state index contributed by atoms with van der Waals surface area (Å²) < 4.78 is 43.1. The highest BCUT2D eigenvalue weighted by Gasteiger charge is 2.30. The van der Waals surface area contributed by atoms with Crippen molar-refractivity contribution in [2.45, 2.75) is 6.18 Å². The summed E-state index contributed by atoms with van der Waals surface area (Å²) in [6.07, 6.45) is -4.35. The molecule has 3 rings (SSSR count). The van der Waals surface area contributed by atoms with Crippen molar-refractivity contribution in [3.05, 3.63) is 46.2 Å². The fraction of sp³-hybridized carbons (Fsp3) is 0.389. The number of hydrogen-bond acceptors (Lipinski definition) is 4. The molecular weight excluding hydrogens is 365 g/mol. The zero-order chi connectivity index (χ0) is 18.6. The minimum atomic E-state index is -4.35. The Labute approximate surface area is 153 Å². The van der Waals surface area contributed by atoms with Crippen molar-refractivity contribution in [2.75, 3.05) is 39.4 Å². The zero-order valence-electron chi connectivity index (χ0n) is 14.0. The molecule has 2 aromatic rings. The molecule has 1 fully saturated rings. The van der Waals surface area contributed by atoms with E-state index in [-0.39, 0.29) is 5.91 Å². The largest absolute Gasteiger partial charge is 0.416 e. The van der Waals surface area contributed by atoms with Crippen molar-refractivity contribution < 1.29 is 22.7 Å². The van der Waals surface area contributed by atoms with Gasteiger partial charge in [-0.05, 0) is 34.7 Å². The molecule has 1 aromatic carbocycles. The molecule has 140 valence electrons. The maximum atomic E-state index is 12.6. The zero-order valence-corrected chi connectivity index (χ0v) is 14.8. The highest BCUT2D eigenvalue weighted by atomic mass is 32.1. The van der Waals surface area contributed by atoms with Gasteiger partial charge in [0.15, 0.2) is 0 Å². The lowest BCUT2D eigenvalue weighted by molar-refractivity contribution is -0.137. The number of nitrogens with one attached hydrogen (secondary N) is 1. The Morgan fingerprint density at radius 2 is 1.85 bits per heavy atom. The molecular formula is C18H19F3N2O2S. The van der Waals surface area contributed by atoms with E-state index in [0.717, 1.165) is 50.5 Å². The predicted molar refractivity (Wildman–Crippen MR) is 94.3 cm³/mol. The van der Waals surface area contributed by atoms with Crippen molar-refractivity contribution in [3.8, 4) is 11.1 Å². The van der Waals surface area contributed by atoms with Gasteiger partial charge in [0.25, 0.3) is 5.91 Å². The average molecular weight is 384 g/mol. The molecule has 0 spiro atoms. The van der Waals surface area contributed by atoms with Crippen molar-refractivity contribution in [2.24, 2.45) is 0 Å². The molecule has 0 atom stereocenters. The van der Waals surface area contributed by atoms with Crippen LogP contribution in [0.1, 0.15) is 15.2 Å². The standard InChI is InChI=1S/C18H19F3N2O2S/c19-18(20,21)15-3-1-13(2-4-15)14-11-16(26-12-14)17(24)22-5-6-23-7-9-25-10-8-23/h1-4,11-12H,5-10H2,(H,22,24). The second-order valence-corrected chi connectivity index (χ2v) is 6.90. The summed E-state index contributed by atoms with van der Waals surface area (Å²) in [5.41, 5.74) is 0.709. The molecule has 0 radical (unpaired) electrons. The molecule has 4 nitrogen and oxygen atoms in total. The van der Waals surface area contributed by atoms with Crippen LogP contribution in [0.4, 0.5) is 13.2 Å². The van der Waals surface area contributed by atoms with Gasteiger partial charge >= 0.3 is 6.18 Å². The van der Waals surface area contributed by atoms with E-state index >= 15 is 0 Å². The molecule has 0 aliphatic carbocycles. The molecule has 1 saturated heterocycles. The van der Waals surface area contributed by atoms with Crippen LogP contribution in [0.3, 0.4) is 0 Å². The minimum absolute atomic E-state index is 0.165. The quantitative estimate of drug-likeness (QED) is 0.858. The van der Waals surface area contributed by atoms with E-state index in [2.05, 4.69) is 10.2 Å². The van der Waals surface area contributed by atoms with Gasteiger partial charge in [0, 0.05) is 26.2 Å². The number of morpholine rings is 1. The number of alkyl halides is 3. The van der Waals surface area contributed by atoms with Crippen LogP contribution in [0.15, 0.2) is 35.7 Å². The molecule has 26 heavy (non-hydrogen) atoms. The van der Waals surface area contributed by atoms with Gasteiger partial charge in [0.05, 0.1) is 23.7 Å². The third-order valence-electron chi connectivity index (χ3n) is 4.19. The van der Waals surface area contributed by atoms with E-state index in [1.807, 2.05) is 0 Å². The topological polar surface area (TPSA) is 41.6 Å². The first-order valence-electron chi connectivity index (χ1n) is 8.28. The molecule has 2 heterocycles. The van der Waals surface area contributed by atoms with Crippen molar-refractivity contribution >= 4 is 17.2 Å². The summed E-state index contributed by atoms with van der Waals surface area (Å²) in [6, 6.07) is 6.65. The molecule has 8 heteroatoms. The minimum Gasteiger partial charge on any atom is -0.379 e. The Kier molecular flexibility index (Phi) is 5.95. The number of carbonyl (C=O) groups excluding carboxylic acids is 1. The lowest BCUT2D eigenvalue weighted by Crippen LogP contribution is -2.41. The van der Waals surface area contributed by atoms with E-state index in [0.29, 0.717) is 17.0 Å². The Balaban J connectivity index is 1.55. The molecule has 1 aromatic heterocycles. The summed E-state index contributed by atoms with van der Waals surface area (Å²) in [6.45, 7) is 4.49. The van der Waals surface area contributed by atoms with Gasteiger partial charge in [0.2, 0.25) is 0 Å². The summed E-state index contributed by atoms with van der Waals surface area (Å²) in [5.74, 6) is -0.165. The first-order valence-corrected chi connectivity index (χ1v) is 9.16. The summed E-state index contributed by atoms with van der Waals surface area (Å²) in [7, 11) is 0. The second-order valence-electron chi connectivity index (χ2n) is 5.98. The number of rotatable bonds is 5. The van der Waals surface area contributed by atoms with E-state index in [9.17, 15) is 18.0 Å². The average Bonchev–Trinajstić information content (AvgIpc) is 3.12. The molecule has 0 saturated carbocycles. The van der Waals surface area contributed by atoms with Crippen molar-refractivity contribution in [1.82, 2.24) is 10.2 Å². The van der Waals surface area contributed by atoms with Crippen LogP contribution >= 0.6 is 11.3 Å². The lowest BCUT2D eigenvalue weighted by atomic mass is 10.1. The van der Waals surface area contributed by atoms with Crippen LogP contribution in [-0.2, 0) is 10.9 Å². The van der Waals surface area contributed by atoms with Gasteiger partial charge in [-0.1, -0.05) is 12.1 Å². The van der Waals surface area contributed by atoms with Crippen LogP contribution in [0.5, 0.6) is 0 Å². The Morgan fingerprint density at radius 1 is 1.15 bits per heavy atom. The van der Waals surface area contributed by atoms with Gasteiger partial charge in [-0.3, -0.25) is 9.69 Å². The Hall–Kier alpha value is -1.90. The third-order valence-corrected chi connectivity index (χ3v) is 5.12. The summed E-state index contributed by atoms with van der Waals surface area (Å²) in [4.78, 5) is 15.0. The SMILES string of the molecule is O=C(NCCN1CCOCC1)c1cc(-c2ccc(C(F)(F)F)cc2)cs1. The number of thiophene rings is 1. The fourth-order valence-corrected chi connectivity index (χ4v) is 3.53. The number of ether oxygens (including phenoxy) is 1. The fourth-order valence-electron chi connectivity index (χ4n) is 2.70. The van der Waals surface area contributed by atoms with Crippen LogP contribution in [0, 0.1) is 0 Å². The molecule has 1 aliphatic heterocycles. The van der Waals surface area contributed by atoms with Gasteiger partial charge in [-0.15, -0.1) is 11.3 Å².